The van der Waals surface area contributed by atoms with Crippen LogP contribution < -0.4 is 5.32 Å². The third-order valence-electron chi connectivity index (χ3n) is 4.87. The number of hydrogen-bond acceptors (Lipinski definition) is 3. The maximum Gasteiger partial charge on any atom is 0.307 e. The van der Waals surface area contributed by atoms with Gasteiger partial charge in [-0.15, -0.1) is 0 Å². The van der Waals surface area contributed by atoms with Gasteiger partial charge in [0.1, 0.15) is 0 Å². The number of carboxylic acid groups (broad SMARTS) is 1. The first-order chi connectivity index (χ1) is 9.69. The van der Waals surface area contributed by atoms with Gasteiger partial charge in [0.25, 0.3) is 0 Å². The Labute approximate surface area is 122 Å². The van der Waals surface area contributed by atoms with E-state index in [2.05, 4.69) is 17.1 Å². The van der Waals surface area contributed by atoms with Crippen LogP contribution in [0.2, 0.25) is 0 Å². The van der Waals surface area contributed by atoms with Crippen molar-refractivity contribution in [2.45, 2.75) is 57.9 Å². The highest BCUT2D eigenvalue weighted by molar-refractivity contribution is 5.70. The van der Waals surface area contributed by atoms with Gasteiger partial charge in [-0.2, -0.15) is 0 Å². The maximum atomic E-state index is 11.3. The van der Waals surface area contributed by atoms with Crippen molar-refractivity contribution in [2.75, 3.05) is 26.2 Å². The molecule has 2 atom stereocenters. The molecule has 116 valence electrons. The molecule has 2 unspecified atom stereocenters. The van der Waals surface area contributed by atoms with Gasteiger partial charge in [0.2, 0.25) is 0 Å². The molecule has 0 radical (unpaired) electrons. The van der Waals surface area contributed by atoms with Gasteiger partial charge in [-0.3, -0.25) is 4.79 Å². The summed E-state index contributed by atoms with van der Waals surface area (Å²) in [4.78, 5) is 13.7. The van der Waals surface area contributed by atoms with Crippen molar-refractivity contribution in [1.29, 1.82) is 0 Å². The molecular formula is C16H30N2O2. The molecule has 0 aromatic heterocycles. The number of nitrogens with one attached hydrogen (secondary N) is 1. The van der Waals surface area contributed by atoms with Crippen LogP contribution in [0.4, 0.5) is 0 Å². The Kier molecular flexibility index (Phi) is 6.30. The van der Waals surface area contributed by atoms with Crippen LogP contribution in [-0.4, -0.2) is 48.2 Å². The lowest BCUT2D eigenvalue weighted by molar-refractivity contribution is -0.144. The van der Waals surface area contributed by atoms with Crippen molar-refractivity contribution in [3.05, 3.63) is 0 Å². The zero-order chi connectivity index (χ0) is 14.4. The highest BCUT2D eigenvalue weighted by atomic mass is 16.4. The minimum Gasteiger partial charge on any atom is -0.481 e. The van der Waals surface area contributed by atoms with Crippen LogP contribution in [0.25, 0.3) is 0 Å². The maximum absolute atomic E-state index is 11.3. The Morgan fingerprint density at radius 1 is 1.30 bits per heavy atom. The standard InChI is InChI=1S/C16H30N2O2/c1-2-3-8-18-11-14(16(19)20)9-15(12-18)17-10-13-6-4-5-7-13/h13-15,17H,2-12H2,1H3,(H,19,20). The quantitative estimate of drug-likeness (QED) is 0.752. The van der Waals surface area contributed by atoms with Crippen molar-refractivity contribution < 1.29 is 9.90 Å². The molecule has 1 saturated heterocycles. The third-order valence-corrected chi connectivity index (χ3v) is 4.87. The molecule has 1 aliphatic carbocycles. The number of piperidine rings is 1. The van der Waals surface area contributed by atoms with E-state index in [1.165, 1.54) is 38.5 Å². The van der Waals surface area contributed by atoms with Crippen molar-refractivity contribution >= 4 is 5.97 Å². The molecule has 1 aliphatic heterocycles. The molecule has 0 bridgehead atoms. The van der Waals surface area contributed by atoms with Crippen molar-refractivity contribution in [3.8, 4) is 0 Å². The summed E-state index contributed by atoms with van der Waals surface area (Å²) in [6.45, 7) is 6.07. The summed E-state index contributed by atoms with van der Waals surface area (Å²) in [7, 11) is 0. The van der Waals surface area contributed by atoms with Gasteiger partial charge >= 0.3 is 5.97 Å². The molecule has 0 aromatic rings. The SMILES string of the molecule is CCCCN1CC(NCC2CCCC2)CC(C(=O)O)C1. The van der Waals surface area contributed by atoms with E-state index in [1.54, 1.807) is 0 Å². The van der Waals surface area contributed by atoms with E-state index in [1.807, 2.05) is 0 Å². The van der Waals surface area contributed by atoms with E-state index in [0.717, 1.165) is 38.5 Å². The van der Waals surface area contributed by atoms with Crippen molar-refractivity contribution in [3.63, 3.8) is 0 Å². The van der Waals surface area contributed by atoms with Crippen LogP contribution in [0.1, 0.15) is 51.9 Å². The molecule has 0 aromatic carbocycles. The van der Waals surface area contributed by atoms with Crippen LogP contribution in [-0.2, 0) is 4.79 Å². The van der Waals surface area contributed by atoms with E-state index in [0.29, 0.717) is 6.04 Å². The number of carboxylic acids is 1. The average Bonchev–Trinajstić information content (AvgIpc) is 2.96. The number of likely N-dealkylation sites (tertiary alicyclic amines) is 1. The lowest BCUT2D eigenvalue weighted by Gasteiger charge is -2.37. The Balaban J connectivity index is 1.80. The van der Waals surface area contributed by atoms with Crippen molar-refractivity contribution in [2.24, 2.45) is 11.8 Å². The number of rotatable bonds is 7. The molecule has 4 nitrogen and oxygen atoms in total. The molecule has 4 heteroatoms. The Morgan fingerprint density at radius 3 is 2.70 bits per heavy atom. The summed E-state index contributed by atoms with van der Waals surface area (Å²) in [5, 5.41) is 13.0. The molecule has 2 rings (SSSR count). The minimum atomic E-state index is -0.626. The molecule has 1 heterocycles. The fraction of sp³-hybridized carbons (Fsp3) is 0.938. The topological polar surface area (TPSA) is 52.6 Å². The highest BCUT2D eigenvalue weighted by Gasteiger charge is 2.31. The number of unbranched alkanes of at least 4 members (excludes halogenated alkanes) is 1. The fourth-order valence-electron chi connectivity index (χ4n) is 3.63. The van der Waals surface area contributed by atoms with E-state index < -0.39 is 5.97 Å². The summed E-state index contributed by atoms with van der Waals surface area (Å²) in [5.74, 6) is 0.00449. The summed E-state index contributed by atoms with van der Waals surface area (Å²) in [6, 6.07) is 0.363. The molecule has 20 heavy (non-hydrogen) atoms. The molecule has 1 saturated carbocycles. The number of hydrogen-bond donors (Lipinski definition) is 2. The average molecular weight is 282 g/mol. The highest BCUT2D eigenvalue weighted by Crippen LogP contribution is 2.25. The second-order valence-corrected chi connectivity index (χ2v) is 6.64. The van der Waals surface area contributed by atoms with E-state index >= 15 is 0 Å². The molecule has 2 fully saturated rings. The monoisotopic (exact) mass is 282 g/mol. The van der Waals surface area contributed by atoms with Gasteiger partial charge < -0.3 is 15.3 Å². The molecule has 0 spiro atoms. The molecular weight excluding hydrogens is 252 g/mol. The van der Waals surface area contributed by atoms with Gasteiger partial charge in [-0.05, 0) is 44.7 Å². The van der Waals surface area contributed by atoms with Gasteiger partial charge in [0.05, 0.1) is 5.92 Å². The van der Waals surface area contributed by atoms with Gasteiger partial charge in [-0.1, -0.05) is 26.2 Å². The Bertz CT molecular complexity index is 303. The molecule has 0 amide bonds. The summed E-state index contributed by atoms with van der Waals surface area (Å²) >= 11 is 0. The van der Waals surface area contributed by atoms with Crippen LogP contribution in [0.3, 0.4) is 0 Å². The van der Waals surface area contributed by atoms with Crippen molar-refractivity contribution in [1.82, 2.24) is 10.2 Å². The molecule has 2 aliphatic rings. The second kappa shape index (κ2) is 7.99. The van der Waals surface area contributed by atoms with Gasteiger partial charge in [-0.25, -0.2) is 0 Å². The van der Waals surface area contributed by atoms with E-state index in [4.69, 9.17) is 0 Å². The Hall–Kier alpha value is -0.610. The normalized spacial score (nSPS) is 28.9. The first kappa shape index (κ1) is 15.8. The second-order valence-electron chi connectivity index (χ2n) is 6.64. The number of aliphatic carboxylic acids is 1. The lowest BCUT2D eigenvalue weighted by Crippen LogP contribution is -2.51. The van der Waals surface area contributed by atoms with E-state index in [-0.39, 0.29) is 5.92 Å². The van der Waals surface area contributed by atoms with Crippen LogP contribution in [0.15, 0.2) is 0 Å². The minimum absolute atomic E-state index is 0.193. The summed E-state index contributed by atoms with van der Waals surface area (Å²) in [6.07, 6.45) is 8.58. The molecule has 2 N–H and O–H groups in total. The zero-order valence-corrected chi connectivity index (χ0v) is 12.8. The number of nitrogens with zero attached hydrogens (tertiary/aromatic N) is 1. The number of carbonyl (C=O) groups is 1. The lowest BCUT2D eigenvalue weighted by atomic mass is 9.93. The smallest absolute Gasteiger partial charge is 0.307 e. The fourth-order valence-corrected chi connectivity index (χ4v) is 3.63. The zero-order valence-electron chi connectivity index (χ0n) is 12.8. The predicted molar refractivity (Wildman–Crippen MR) is 80.8 cm³/mol. The first-order valence-corrected chi connectivity index (χ1v) is 8.37. The Morgan fingerprint density at radius 2 is 2.05 bits per heavy atom. The predicted octanol–water partition coefficient (Wildman–Crippen LogP) is 2.34. The van der Waals surface area contributed by atoms with Crippen LogP contribution in [0.5, 0.6) is 0 Å². The van der Waals surface area contributed by atoms with Gasteiger partial charge in [0.15, 0.2) is 0 Å². The van der Waals surface area contributed by atoms with Gasteiger partial charge in [0, 0.05) is 19.1 Å². The summed E-state index contributed by atoms with van der Waals surface area (Å²) in [5.41, 5.74) is 0. The van der Waals surface area contributed by atoms with Crippen LogP contribution in [0, 0.1) is 11.8 Å². The van der Waals surface area contributed by atoms with Crippen LogP contribution >= 0.6 is 0 Å². The third kappa shape index (κ3) is 4.74. The first-order valence-electron chi connectivity index (χ1n) is 8.37. The summed E-state index contributed by atoms with van der Waals surface area (Å²) < 4.78 is 0. The van der Waals surface area contributed by atoms with E-state index in [9.17, 15) is 9.90 Å². The largest absolute Gasteiger partial charge is 0.481 e.